The highest BCUT2D eigenvalue weighted by Gasteiger charge is 2.36. The molecule has 2 aromatic carbocycles. The SMILES string of the molecule is CC(=O)Nc1ccc(NC(=O)C(C)(C)C(=O)Nc2ccccc2C(C)(C)C)cc1. The second-order valence-corrected chi connectivity index (χ2v) is 8.59. The van der Waals surface area contributed by atoms with Gasteiger partial charge in [0.1, 0.15) is 5.41 Å². The van der Waals surface area contributed by atoms with E-state index < -0.39 is 11.3 Å². The average Bonchev–Trinajstić information content (AvgIpc) is 2.62. The van der Waals surface area contributed by atoms with Crippen molar-refractivity contribution in [3.8, 4) is 0 Å². The molecule has 0 saturated heterocycles. The molecule has 0 atom stereocenters. The molecule has 2 aromatic rings. The van der Waals surface area contributed by atoms with E-state index >= 15 is 0 Å². The van der Waals surface area contributed by atoms with E-state index in [0.29, 0.717) is 17.1 Å². The molecule has 3 amide bonds. The van der Waals surface area contributed by atoms with Crippen LogP contribution in [0.4, 0.5) is 17.1 Å². The maximum absolute atomic E-state index is 12.9. The summed E-state index contributed by atoms with van der Waals surface area (Å²) in [5, 5.41) is 8.33. The number of para-hydroxylation sites is 1. The molecule has 2 rings (SSSR count). The zero-order valence-electron chi connectivity index (χ0n) is 17.8. The van der Waals surface area contributed by atoms with Gasteiger partial charge in [-0.05, 0) is 55.2 Å². The van der Waals surface area contributed by atoms with Gasteiger partial charge in [0.25, 0.3) is 0 Å². The first kappa shape index (κ1) is 22.1. The summed E-state index contributed by atoms with van der Waals surface area (Å²) in [6, 6.07) is 14.3. The van der Waals surface area contributed by atoms with Crippen LogP contribution >= 0.6 is 0 Å². The Hall–Kier alpha value is -3.15. The minimum Gasteiger partial charge on any atom is -0.326 e. The fourth-order valence-corrected chi connectivity index (χ4v) is 2.76. The number of hydrogen-bond donors (Lipinski definition) is 3. The number of hydrogen-bond acceptors (Lipinski definition) is 3. The summed E-state index contributed by atoms with van der Waals surface area (Å²) >= 11 is 0. The number of amides is 3. The first-order chi connectivity index (χ1) is 13.4. The molecule has 3 N–H and O–H groups in total. The molecule has 0 radical (unpaired) electrons. The molecular formula is C23H29N3O3. The van der Waals surface area contributed by atoms with Crippen LogP contribution in [-0.4, -0.2) is 17.7 Å². The lowest BCUT2D eigenvalue weighted by molar-refractivity contribution is -0.135. The van der Waals surface area contributed by atoms with E-state index in [1.54, 1.807) is 38.1 Å². The minimum absolute atomic E-state index is 0.147. The number of anilines is 3. The lowest BCUT2D eigenvalue weighted by Crippen LogP contribution is -2.42. The largest absolute Gasteiger partial charge is 0.326 e. The predicted octanol–water partition coefficient (Wildman–Crippen LogP) is 4.55. The quantitative estimate of drug-likeness (QED) is 0.649. The van der Waals surface area contributed by atoms with Crippen molar-refractivity contribution in [3.63, 3.8) is 0 Å². The van der Waals surface area contributed by atoms with Crippen LogP contribution in [0.3, 0.4) is 0 Å². The summed E-state index contributed by atoms with van der Waals surface area (Å²) in [7, 11) is 0. The molecule has 0 aromatic heterocycles. The van der Waals surface area contributed by atoms with Crippen LogP contribution in [0.5, 0.6) is 0 Å². The van der Waals surface area contributed by atoms with Gasteiger partial charge in [-0.1, -0.05) is 39.0 Å². The molecule has 0 aliphatic heterocycles. The van der Waals surface area contributed by atoms with E-state index in [0.717, 1.165) is 5.56 Å². The second kappa shape index (κ2) is 8.47. The maximum Gasteiger partial charge on any atom is 0.239 e. The van der Waals surface area contributed by atoms with Crippen molar-refractivity contribution in [1.29, 1.82) is 0 Å². The summed E-state index contributed by atoms with van der Waals surface area (Å²) in [4.78, 5) is 36.8. The Labute approximate surface area is 172 Å². The lowest BCUT2D eigenvalue weighted by atomic mass is 9.85. The second-order valence-electron chi connectivity index (χ2n) is 8.59. The van der Waals surface area contributed by atoms with Crippen molar-refractivity contribution < 1.29 is 14.4 Å². The van der Waals surface area contributed by atoms with E-state index in [-0.39, 0.29) is 17.2 Å². The molecule has 0 heterocycles. The van der Waals surface area contributed by atoms with Gasteiger partial charge in [-0.15, -0.1) is 0 Å². The third-order valence-corrected chi connectivity index (χ3v) is 4.58. The van der Waals surface area contributed by atoms with Gasteiger partial charge in [0.05, 0.1) is 0 Å². The molecule has 154 valence electrons. The zero-order chi connectivity index (χ0) is 21.8. The van der Waals surface area contributed by atoms with E-state index in [2.05, 4.69) is 36.7 Å². The van der Waals surface area contributed by atoms with Crippen LogP contribution < -0.4 is 16.0 Å². The molecule has 0 aliphatic rings. The summed E-state index contributed by atoms with van der Waals surface area (Å²) in [5.41, 5.74) is 1.43. The van der Waals surface area contributed by atoms with Crippen molar-refractivity contribution in [2.45, 2.75) is 47.0 Å². The number of carbonyl (C=O) groups excluding carboxylic acids is 3. The number of rotatable bonds is 5. The van der Waals surface area contributed by atoms with Crippen LogP contribution in [0.1, 0.15) is 47.1 Å². The normalized spacial score (nSPS) is 11.5. The van der Waals surface area contributed by atoms with Crippen LogP contribution in [0.25, 0.3) is 0 Å². The van der Waals surface area contributed by atoms with Crippen LogP contribution in [0.2, 0.25) is 0 Å². The molecule has 0 unspecified atom stereocenters. The predicted molar refractivity (Wildman–Crippen MR) is 117 cm³/mol. The highest BCUT2D eigenvalue weighted by Crippen LogP contribution is 2.31. The van der Waals surface area contributed by atoms with Crippen molar-refractivity contribution >= 4 is 34.8 Å². The van der Waals surface area contributed by atoms with Crippen molar-refractivity contribution in [2.75, 3.05) is 16.0 Å². The van der Waals surface area contributed by atoms with E-state index in [1.165, 1.54) is 6.92 Å². The Balaban J connectivity index is 2.12. The van der Waals surface area contributed by atoms with Gasteiger partial charge in [0.15, 0.2) is 0 Å². The Kier molecular flexibility index (Phi) is 6.47. The summed E-state index contributed by atoms with van der Waals surface area (Å²) in [6.45, 7) is 10.8. The lowest BCUT2D eigenvalue weighted by Gasteiger charge is -2.26. The molecule has 6 heteroatoms. The summed E-state index contributed by atoms with van der Waals surface area (Å²) in [5.74, 6) is -0.979. The zero-order valence-corrected chi connectivity index (χ0v) is 17.8. The van der Waals surface area contributed by atoms with E-state index in [9.17, 15) is 14.4 Å². The monoisotopic (exact) mass is 395 g/mol. The Morgan fingerprint density at radius 2 is 1.17 bits per heavy atom. The van der Waals surface area contributed by atoms with Gasteiger partial charge in [0, 0.05) is 24.0 Å². The Morgan fingerprint density at radius 1 is 0.690 bits per heavy atom. The van der Waals surface area contributed by atoms with Crippen LogP contribution in [-0.2, 0) is 19.8 Å². The topological polar surface area (TPSA) is 87.3 Å². The third-order valence-electron chi connectivity index (χ3n) is 4.58. The molecule has 0 aliphatic carbocycles. The van der Waals surface area contributed by atoms with Gasteiger partial charge in [-0.25, -0.2) is 0 Å². The molecule has 0 bridgehead atoms. The number of benzene rings is 2. The van der Waals surface area contributed by atoms with Crippen molar-refractivity contribution in [1.82, 2.24) is 0 Å². The Morgan fingerprint density at radius 3 is 1.69 bits per heavy atom. The maximum atomic E-state index is 12.9. The smallest absolute Gasteiger partial charge is 0.239 e. The highest BCUT2D eigenvalue weighted by molar-refractivity contribution is 6.14. The number of carbonyl (C=O) groups is 3. The average molecular weight is 396 g/mol. The van der Waals surface area contributed by atoms with E-state index in [4.69, 9.17) is 0 Å². The van der Waals surface area contributed by atoms with E-state index in [1.807, 2.05) is 24.3 Å². The molecule has 0 fully saturated rings. The van der Waals surface area contributed by atoms with Crippen molar-refractivity contribution in [2.24, 2.45) is 5.41 Å². The number of nitrogens with one attached hydrogen (secondary N) is 3. The fraction of sp³-hybridized carbons (Fsp3) is 0.348. The molecular weight excluding hydrogens is 366 g/mol. The molecule has 0 saturated carbocycles. The Bertz CT molecular complexity index is 910. The fourth-order valence-electron chi connectivity index (χ4n) is 2.76. The van der Waals surface area contributed by atoms with Gasteiger partial charge in [-0.3, -0.25) is 14.4 Å². The van der Waals surface area contributed by atoms with Gasteiger partial charge >= 0.3 is 0 Å². The highest BCUT2D eigenvalue weighted by atomic mass is 16.2. The standard InChI is InChI=1S/C23H29N3O3/c1-15(27)24-16-11-13-17(14-12-16)25-20(28)23(5,6)21(29)26-19-10-8-7-9-18(19)22(2,3)4/h7-14H,1-6H3,(H,24,27)(H,25,28)(H,26,29). The van der Waals surface area contributed by atoms with Gasteiger partial charge in [-0.2, -0.15) is 0 Å². The van der Waals surface area contributed by atoms with Gasteiger partial charge in [0.2, 0.25) is 17.7 Å². The van der Waals surface area contributed by atoms with Crippen molar-refractivity contribution in [3.05, 3.63) is 54.1 Å². The molecule has 0 spiro atoms. The minimum atomic E-state index is -1.29. The van der Waals surface area contributed by atoms with Gasteiger partial charge < -0.3 is 16.0 Å². The van der Waals surface area contributed by atoms with Crippen LogP contribution in [0, 0.1) is 5.41 Å². The summed E-state index contributed by atoms with van der Waals surface area (Å²) in [6.07, 6.45) is 0. The first-order valence-corrected chi connectivity index (χ1v) is 9.51. The molecule has 29 heavy (non-hydrogen) atoms. The summed E-state index contributed by atoms with van der Waals surface area (Å²) < 4.78 is 0. The molecule has 6 nitrogen and oxygen atoms in total. The van der Waals surface area contributed by atoms with Crippen LogP contribution in [0.15, 0.2) is 48.5 Å². The third kappa shape index (κ3) is 5.67. The first-order valence-electron chi connectivity index (χ1n) is 9.51.